The topological polar surface area (TPSA) is 78.9 Å². The van der Waals surface area contributed by atoms with Gasteiger partial charge in [-0.15, -0.1) is 0 Å². The number of hydrogen-bond acceptors (Lipinski definition) is 6. The van der Waals surface area contributed by atoms with Crippen LogP contribution in [0.1, 0.15) is 220 Å². The quantitative estimate of drug-likeness (QED) is 0.0262. The zero-order valence-electron chi connectivity index (χ0n) is 44.7. The molecule has 0 N–H and O–H groups in total. The van der Waals surface area contributed by atoms with Gasteiger partial charge < -0.3 is 14.2 Å². The van der Waals surface area contributed by atoms with Gasteiger partial charge in [-0.1, -0.05) is 224 Å². The summed E-state index contributed by atoms with van der Waals surface area (Å²) >= 11 is 0. The van der Waals surface area contributed by atoms with E-state index in [1.807, 2.05) is 6.08 Å². The molecule has 0 aromatic carbocycles. The van der Waals surface area contributed by atoms with Gasteiger partial charge in [0.1, 0.15) is 13.2 Å². The van der Waals surface area contributed by atoms with E-state index in [9.17, 15) is 14.4 Å². The maximum absolute atomic E-state index is 12.8. The highest BCUT2D eigenvalue weighted by atomic mass is 16.6. The highest BCUT2D eigenvalue weighted by Gasteiger charge is 2.19. The second-order valence-electron chi connectivity index (χ2n) is 17.7. The molecule has 0 saturated carbocycles. The Balaban J connectivity index is 4.60. The Hall–Kier alpha value is -4.71. The molecule has 392 valence electrons. The fourth-order valence-electron chi connectivity index (χ4n) is 6.98. The van der Waals surface area contributed by atoms with Crippen molar-refractivity contribution in [2.45, 2.75) is 226 Å². The molecule has 0 saturated heterocycles. The molecule has 0 heterocycles. The maximum Gasteiger partial charge on any atom is 0.309 e. The number of esters is 3. The van der Waals surface area contributed by atoms with Gasteiger partial charge >= 0.3 is 17.9 Å². The van der Waals surface area contributed by atoms with Crippen LogP contribution in [0.2, 0.25) is 0 Å². The minimum absolute atomic E-state index is 0.111. The third-order valence-corrected chi connectivity index (χ3v) is 11.1. The van der Waals surface area contributed by atoms with Gasteiger partial charge in [0.05, 0.1) is 6.42 Å². The predicted octanol–water partition coefficient (Wildman–Crippen LogP) is 18.8. The fraction of sp³-hybridized carbons (Fsp3) is 0.578. The van der Waals surface area contributed by atoms with Crippen LogP contribution in [0.15, 0.2) is 146 Å². The smallest absolute Gasteiger partial charge is 0.309 e. The number of ether oxygens (including phenoxy) is 3. The standard InChI is InChI=1S/C64H100O6/c1-4-7-10-13-16-19-22-25-28-30-31-32-33-34-37-39-42-45-48-51-54-57-63(66)69-60-61(59-68-62(65)56-53-50-47-44-41-38-35-27-24-21-18-15-12-9-6-3)70-64(67)58-55-52-49-46-43-40-36-29-26-23-20-17-14-11-8-5-2/h7,9-10,12,16,18-19,21,25,27-29,31-32,34-37,41-42,44-45,50,53,61H,4-6,8,11,13-15,17,20,22-24,26,30,33,38-40,43,46-49,51-52,54-60H2,1-3H3/b10-7-,12-9-,19-16-,21-18-,28-25-,32-31-,35-27-,36-29-,37-34-,44-41-,45-42-,53-50-. The Morgan fingerprint density at radius 2 is 0.614 bits per heavy atom. The molecule has 6 nitrogen and oxygen atoms in total. The van der Waals surface area contributed by atoms with E-state index in [0.717, 1.165) is 116 Å². The van der Waals surface area contributed by atoms with Crippen molar-refractivity contribution < 1.29 is 28.6 Å². The van der Waals surface area contributed by atoms with Crippen LogP contribution in [0.3, 0.4) is 0 Å². The fourth-order valence-corrected chi connectivity index (χ4v) is 6.98. The molecule has 0 aliphatic heterocycles. The van der Waals surface area contributed by atoms with Crippen LogP contribution in [-0.2, 0) is 28.6 Å². The Morgan fingerprint density at radius 1 is 0.314 bits per heavy atom. The van der Waals surface area contributed by atoms with E-state index in [4.69, 9.17) is 14.2 Å². The molecular formula is C64H100O6. The second-order valence-corrected chi connectivity index (χ2v) is 17.7. The summed E-state index contributed by atoms with van der Waals surface area (Å²) in [5.74, 6) is -1.13. The van der Waals surface area contributed by atoms with Crippen LogP contribution >= 0.6 is 0 Å². The van der Waals surface area contributed by atoms with Crippen molar-refractivity contribution in [2.75, 3.05) is 13.2 Å². The van der Waals surface area contributed by atoms with Gasteiger partial charge in [-0.3, -0.25) is 14.4 Å². The Morgan fingerprint density at radius 3 is 1.04 bits per heavy atom. The lowest BCUT2D eigenvalue weighted by Crippen LogP contribution is -2.30. The summed E-state index contributed by atoms with van der Waals surface area (Å²) < 4.78 is 16.7. The molecule has 1 unspecified atom stereocenters. The lowest BCUT2D eigenvalue weighted by Gasteiger charge is -2.18. The van der Waals surface area contributed by atoms with E-state index < -0.39 is 12.1 Å². The van der Waals surface area contributed by atoms with Crippen molar-refractivity contribution in [1.29, 1.82) is 0 Å². The van der Waals surface area contributed by atoms with Gasteiger partial charge in [0, 0.05) is 12.8 Å². The highest BCUT2D eigenvalue weighted by Crippen LogP contribution is 2.12. The molecule has 70 heavy (non-hydrogen) atoms. The van der Waals surface area contributed by atoms with E-state index >= 15 is 0 Å². The van der Waals surface area contributed by atoms with E-state index in [0.29, 0.717) is 6.42 Å². The second kappa shape index (κ2) is 56.9. The van der Waals surface area contributed by atoms with Crippen molar-refractivity contribution >= 4 is 17.9 Å². The van der Waals surface area contributed by atoms with Gasteiger partial charge in [-0.2, -0.15) is 0 Å². The molecule has 0 aromatic rings. The van der Waals surface area contributed by atoms with E-state index in [1.165, 1.54) is 57.8 Å². The van der Waals surface area contributed by atoms with Crippen LogP contribution in [0, 0.1) is 0 Å². The molecule has 0 rings (SSSR count). The first-order valence-electron chi connectivity index (χ1n) is 27.8. The summed E-state index contributed by atoms with van der Waals surface area (Å²) in [5, 5.41) is 0. The Bertz CT molecular complexity index is 1580. The third kappa shape index (κ3) is 54.2. The Labute approximate surface area is 429 Å². The molecule has 0 fully saturated rings. The average molecular weight is 965 g/mol. The summed E-state index contributed by atoms with van der Waals surface area (Å²) in [5.41, 5.74) is 0. The summed E-state index contributed by atoms with van der Waals surface area (Å²) in [7, 11) is 0. The van der Waals surface area contributed by atoms with Crippen LogP contribution in [0.5, 0.6) is 0 Å². The lowest BCUT2D eigenvalue weighted by molar-refractivity contribution is -0.166. The maximum atomic E-state index is 12.8. The third-order valence-electron chi connectivity index (χ3n) is 11.1. The first-order chi connectivity index (χ1) is 34.5. The average Bonchev–Trinajstić information content (AvgIpc) is 3.36. The van der Waals surface area contributed by atoms with E-state index in [2.05, 4.69) is 154 Å². The SMILES string of the molecule is CC/C=C\C/C=C\C/C=C\C/C=C\C/C=C\C/C=C\CCCCC(=O)OCC(COC(=O)C/C=C\C/C=C\C/C=C\C/C=C\C/C=C\CC)OC(=O)CCCCCCC/C=C\CCCCCCCCC. The van der Waals surface area contributed by atoms with Gasteiger partial charge in [-0.05, 0) is 122 Å². The minimum Gasteiger partial charge on any atom is -0.462 e. The number of carbonyl (C=O) groups is 3. The van der Waals surface area contributed by atoms with Gasteiger partial charge in [-0.25, -0.2) is 0 Å². The van der Waals surface area contributed by atoms with Crippen LogP contribution in [0.25, 0.3) is 0 Å². The minimum atomic E-state index is -0.847. The lowest BCUT2D eigenvalue weighted by atomic mass is 10.1. The molecule has 0 bridgehead atoms. The summed E-state index contributed by atoms with van der Waals surface area (Å²) in [6.07, 6.45) is 81.5. The molecule has 0 amide bonds. The highest BCUT2D eigenvalue weighted by molar-refractivity contribution is 5.72. The van der Waals surface area contributed by atoms with Crippen molar-refractivity contribution in [3.63, 3.8) is 0 Å². The first kappa shape index (κ1) is 65.3. The molecule has 0 radical (unpaired) electrons. The van der Waals surface area contributed by atoms with Crippen LogP contribution < -0.4 is 0 Å². The molecule has 0 aliphatic carbocycles. The zero-order valence-corrected chi connectivity index (χ0v) is 44.7. The summed E-state index contributed by atoms with van der Waals surface area (Å²) in [6, 6.07) is 0. The molecule has 6 heteroatoms. The number of hydrogen-bond donors (Lipinski definition) is 0. The van der Waals surface area contributed by atoms with Crippen molar-refractivity contribution in [1.82, 2.24) is 0 Å². The van der Waals surface area contributed by atoms with Gasteiger partial charge in [0.15, 0.2) is 6.10 Å². The molecule has 0 aliphatic rings. The Kier molecular flexibility index (Phi) is 53.0. The number of carbonyl (C=O) groups excluding carboxylic acids is 3. The number of rotatable bonds is 48. The van der Waals surface area contributed by atoms with Gasteiger partial charge in [0.25, 0.3) is 0 Å². The van der Waals surface area contributed by atoms with Gasteiger partial charge in [0.2, 0.25) is 0 Å². The first-order valence-corrected chi connectivity index (χ1v) is 27.8. The van der Waals surface area contributed by atoms with Crippen molar-refractivity contribution in [3.8, 4) is 0 Å². The molecule has 1 atom stereocenters. The van der Waals surface area contributed by atoms with Crippen molar-refractivity contribution in [3.05, 3.63) is 146 Å². The number of unbranched alkanes of at least 4 members (excludes halogenated alkanes) is 14. The zero-order chi connectivity index (χ0) is 50.7. The molecule has 0 aromatic heterocycles. The van der Waals surface area contributed by atoms with E-state index in [-0.39, 0.29) is 44.4 Å². The largest absolute Gasteiger partial charge is 0.462 e. The number of allylic oxidation sites excluding steroid dienone is 23. The van der Waals surface area contributed by atoms with Crippen LogP contribution in [0.4, 0.5) is 0 Å². The van der Waals surface area contributed by atoms with E-state index in [1.54, 1.807) is 6.08 Å². The molecular weight excluding hydrogens is 865 g/mol. The molecule has 0 spiro atoms. The van der Waals surface area contributed by atoms with Crippen LogP contribution in [-0.4, -0.2) is 37.2 Å². The summed E-state index contributed by atoms with van der Waals surface area (Å²) in [6.45, 7) is 6.26. The van der Waals surface area contributed by atoms with Crippen molar-refractivity contribution in [2.24, 2.45) is 0 Å². The summed E-state index contributed by atoms with van der Waals surface area (Å²) in [4.78, 5) is 38.0. The predicted molar refractivity (Wildman–Crippen MR) is 302 cm³/mol. The normalized spacial score (nSPS) is 13.2. The monoisotopic (exact) mass is 965 g/mol.